The number of aromatic nitrogens is 3. The van der Waals surface area contributed by atoms with Crippen molar-refractivity contribution in [1.82, 2.24) is 14.8 Å². The fourth-order valence-corrected chi connectivity index (χ4v) is 2.21. The minimum Gasteiger partial charge on any atom is -0.399 e. The van der Waals surface area contributed by atoms with Crippen LogP contribution in [0, 0.1) is 3.57 Å². The predicted molar refractivity (Wildman–Crippen MR) is 76.8 cm³/mol. The lowest BCUT2D eigenvalue weighted by molar-refractivity contribution is 0.742. The summed E-state index contributed by atoms with van der Waals surface area (Å²) in [5.74, 6) is 0.852. The van der Waals surface area contributed by atoms with Crippen molar-refractivity contribution in [3.63, 3.8) is 0 Å². The number of nitrogens with zero attached hydrogens (tertiary/aromatic N) is 3. The molecular weight excluding hydrogens is 329 g/mol. The summed E-state index contributed by atoms with van der Waals surface area (Å²) in [5, 5.41) is 7.57. The first-order valence-electron chi connectivity index (χ1n) is 5.28. The number of benzene rings is 1. The van der Waals surface area contributed by atoms with Crippen LogP contribution in [-0.2, 0) is 13.5 Å². The highest BCUT2D eigenvalue weighted by Gasteiger charge is 2.01. The molecule has 0 atom stereocenters. The molecule has 0 fully saturated rings. The van der Waals surface area contributed by atoms with Crippen molar-refractivity contribution in [1.29, 1.82) is 0 Å². The van der Waals surface area contributed by atoms with Gasteiger partial charge < -0.3 is 11.1 Å². The van der Waals surface area contributed by atoms with E-state index in [1.54, 1.807) is 11.0 Å². The Balaban J connectivity index is 1.90. The number of aryl methyl sites for hydroxylation is 1. The first-order valence-corrected chi connectivity index (χ1v) is 6.36. The van der Waals surface area contributed by atoms with Gasteiger partial charge in [0, 0.05) is 35.0 Å². The summed E-state index contributed by atoms with van der Waals surface area (Å²) in [5.41, 5.74) is 7.57. The third-order valence-electron chi connectivity index (χ3n) is 2.30. The number of hydrogen-bond donors (Lipinski definition) is 2. The molecule has 0 saturated carbocycles. The monoisotopic (exact) mass is 343 g/mol. The Morgan fingerprint density at radius 2 is 2.29 bits per heavy atom. The van der Waals surface area contributed by atoms with Crippen LogP contribution >= 0.6 is 22.6 Å². The first-order chi connectivity index (χ1) is 8.15. The van der Waals surface area contributed by atoms with Gasteiger partial charge in [-0.15, -0.1) is 0 Å². The lowest BCUT2D eigenvalue weighted by Gasteiger charge is -2.07. The van der Waals surface area contributed by atoms with Crippen LogP contribution in [0.2, 0.25) is 0 Å². The molecule has 2 aromatic rings. The summed E-state index contributed by atoms with van der Waals surface area (Å²) >= 11 is 2.27. The lowest BCUT2D eigenvalue weighted by Crippen LogP contribution is -2.07. The van der Waals surface area contributed by atoms with Crippen molar-refractivity contribution in [2.45, 2.75) is 6.42 Å². The van der Waals surface area contributed by atoms with Gasteiger partial charge in [0.05, 0.1) is 0 Å². The van der Waals surface area contributed by atoms with Gasteiger partial charge in [-0.1, -0.05) is 0 Å². The topological polar surface area (TPSA) is 68.8 Å². The Kier molecular flexibility index (Phi) is 3.82. The van der Waals surface area contributed by atoms with E-state index in [4.69, 9.17) is 5.73 Å². The molecule has 1 aromatic carbocycles. The summed E-state index contributed by atoms with van der Waals surface area (Å²) in [6.45, 7) is 0.809. The molecule has 17 heavy (non-hydrogen) atoms. The molecular formula is C11H14IN5. The van der Waals surface area contributed by atoms with Gasteiger partial charge in [0.15, 0.2) is 5.82 Å². The molecule has 1 heterocycles. The highest BCUT2D eigenvalue weighted by Crippen LogP contribution is 2.20. The van der Waals surface area contributed by atoms with Gasteiger partial charge in [-0.3, -0.25) is 4.68 Å². The van der Waals surface area contributed by atoms with Crippen LogP contribution in [-0.4, -0.2) is 21.3 Å². The van der Waals surface area contributed by atoms with Gasteiger partial charge in [-0.25, -0.2) is 4.98 Å². The quantitative estimate of drug-likeness (QED) is 0.654. The standard InChI is InChI=1S/C11H14IN5/c1-17-7-15-11(16-17)4-5-14-10-3-2-8(13)6-9(10)12/h2-3,6-7,14H,4-5,13H2,1H3. The largest absolute Gasteiger partial charge is 0.399 e. The van der Waals surface area contributed by atoms with Gasteiger partial charge in [0.1, 0.15) is 6.33 Å². The lowest BCUT2D eigenvalue weighted by atomic mass is 10.3. The van der Waals surface area contributed by atoms with E-state index in [1.807, 2.05) is 25.2 Å². The Morgan fingerprint density at radius 3 is 2.94 bits per heavy atom. The van der Waals surface area contributed by atoms with Crippen molar-refractivity contribution in [3.8, 4) is 0 Å². The van der Waals surface area contributed by atoms with Crippen LogP contribution in [0.15, 0.2) is 24.5 Å². The molecule has 0 unspecified atom stereocenters. The Labute approximate surface area is 114 Å². The molecule has 0 spiro atoms. The minimum absolute atomic E-state index is 0.784. The number of anilines is 2. The molecule has 6 heteroatoms. The first kappa shape index (κ1) is 12.2. The number of nitrogens with one attached hydrogen (secondary N) is 1. The molecule has 5 nitrogen and oxygen atoms in total. The maximum atomic E-state index is 5.69. The molecule has 0 aliphatic rings. The van der Waals surface area contributed by atoms with Crippen LogP contribution in [0.4, 0.5) is 11.4 Å². The summed E-state index contributed by atoms with van der Waals surface area (Å²) in [6.07, 6.45) is 2.52. The molecule has 3 N–H and O–H groups in total. The van der Waals surface area contributed by atoms with E-state index in [1.165, 1.54) is 0 Å². The summed E-state index contributed by atoms with van der Waals surface area (Å²) in [4.78, 5) is 4.17. The fraction of sp³-hybridized carbons (Fsp3) is 0.273. The number of rotatable bonds is 4. The van der Waals surface area contributed by atoms with Crippen LogP contribution in [0.3, 0.4) is 0 Å². The van der Waals surface area contributed by atoms with Crippen molar-refractivity contribution >= 4 is 34.0 Å². The van der Waals surface area contributed by atoms with Crippen LogP contribution in [0.5, 0.6) is 0 Å². The SMILES string of the molecule is Cn1cnc(CCNc2ccc(N)cc2I)n1. The van der Waals surface area contributed by atoms with E-state index in [9.17, 15) is 0 Å². The third kappa shape index (κ3) is 3.32. The Bertz CT molecular complexity index is 508. The molecule has 0 aliphatic carbocycles. The second-order valence-electron chi connectivity index (χ2n) is 3.75. The van der Waals surface area contributed by atoms with Crippen LogP contribution < -0.4 is 11.1 Å². The molecule has 1 aromatic heterocycles. The van der Waals surface area contributed by atoms with E-state index < -0.39 is 0 Å². The number of halogens is 1. The zero-order valence-electron chi connectivity index (χ0n) is 9.52. The van der Waals surface area contributed by atoms with E-state index in [0.717, 1.165) is 33.7 Å². The van der Waals surface area contributed by atoms with E-state index in [0.29, 0.717) is 0 Å². The van der Waals surface area contributed by atoms with E-state index in [2.05, 4.69) is 38.0 Å². The van der Waals surface area contributed by atoms with Crippen molar-refractivity contribution in [3.05, 3.63) is 33.9 Å². The minimum atomic E-state index is 0.784. The predicted octanol–water partition coefficient (Wildman–Crippen LogP) is 1.66. The molecule has 2 rings (SSSR count). The average Bonchev–Trinajstić information content (AvgIpc) is 2.68. The highest BCUT2D eigenvalue weighted by atomic mass is 127. The van der Waals surface area contributed by atoms with Crippen molar-refractivity contribution in [2.75, 3.05) is 17.6 Å². The molecule has 0 bridgehead atoms. The molecule has 0 radical (unpaired) electrons. The molecule has 0 amide bonds. The van der Waals surface area contributed by atoms with Gasteiger partial charge in [-0.05, 0) is 40.8 Å². The third-order valence-corrected chi connectivity index (χ3v) is 3.20. The second-order valence-corrected chi connectivity index (χ2v) is 4.91. The van der Waals surface area contributed by atoms with Crippen molar-refractivity contribution in [2.24, 2.45) is 7.05 Å². The highest BCUT2D eigenvalue weighted by molar-refractivity contribution is 14.1. The summed E-state index contributed by atoms with van der Waals surface area (Å²) < 4.78 is 2.83. The Morgan fingerprint density at radius 1 is 1.47 bits per heavy atom. The smallest absolute Gasteiger partial charge is 0.152 e. The van der Waals surface area contributed by atoms with E-state index >= 15 is 0 Å². The number of hydrogen-bond acceptors (Lipinski definition) is 4. The van der Waals surface area contributed by atoms with E-state index in [-0.39, 0.29) is 0 Å². The summed E-state index contributed by atoms with van der Waals surface area (Å²) in [7, 11) is 1.87. The second kappa shape index (κ2) is 5.35. The fourth-order valence-electron chi connectivity index (χ4n) is 1.48. The normalized spacial score (nSPS) is 10.5. The molecule has 0 aliphatic heterocycles. The summed E-state index contributed by atoms with van der Waals surface area (Å²) in [6, 6.07) is 5.83. The number of nitrogens with two attached hydrogens (primary N) is 1. The van der Waals surface area contributed by atoms with Gasteiger partial charge >= 0.3 is 0 Å². The van der Waals surface area contributed by atoms with Gasteiger partial charge in [0.2, 0.25) is 0 Å². The zero-order valence-corrected chi connectivity index (χ0v) is 11.7. The van der Waals surface area contributed by atoms with Crippen LogP contribution in [0.25, 0.3) is 0 Å². The number of nitrogen functional groups attached to an aromatic ring is 1. The van der Waals surface area contributed by atoms with Crippen LogP contribution in [0.1, 0.15) is 5.82 Å². The molecule has 90 valence electrons. The Hall–Kier alpha value is -1.31. The average molecular weight is 343 g/mol. The maximum absolute atomic E-state index is 5.69. The van der Waals surface area contributed by atoms with Crippen molar-refractivity contribution < 1.29 is 0 Å². The molecule has 0 saturated heterocycles. The van der Waals surface area contributed by atoms with Gasteiger partial charge in [-0.2, -0.15) is 5.10 Å². The van der Waals surface area contributed by atoms with Gasteiger partial charge in [0.25, 0.3) is 0 Å². The zero-order chi connectivity index (χ0) is 12.3. The maximum Gasteiger partial charge on any atom is 0.152 e.